The molecule has 4 rings (SSSR count). The number of nitrogens with zero attached hydrogens (tertiary/aromatic N) is 5. The van der Waals surface area contributed by atoms with Gasteiger partial charge in [0.2, 0.25) is 15.9 Å². The van der Waals surface area contributed by atoms with Crippen LogP contribution in [0.4, 0.5) is 4.79 Å². The van der Waals surface area contributed by atoms with Crippen molar-refractivity contribution < 1.29 is 37.9 Å². The van der Waals surface area contributed by atoms with Gasteiger partial charge in [-0.25, -0.2) is 13.2 Å². The number of benzene rings is 2. The Morgan fingerprint density at radius 1 is 1.00 bits per heavy atom. The maximum absolute atomic E-state index is 14.1. The molecule has 3 aromatic rings. The number of aromatic nitrogens is 1. The minimum atomic E-state index is -4.12. The molecule has 0 bridgehead atoms. The van der Waals surface area contributed by atoms with Crippen LogP contribution in [0.3, 0.4) is 0 Å². The molecule has 52 heavy (non-hydrogen) atoms. The number of urea groups is 1. The second-order valence-electron chi connectivity index (χ2n) is 13.6. The van der Waals surface area contributed by atoms with Crippen molar-refractivity contribution in [1.29, 1.82) is 0 Å². The fourth-order valence-corrected chi connectivity index (χ4v) is 7.68. The van der Waals surface area contributed by atoms with Gasteiger partial charge in [-0.3, -0.25) is 24.3 Å². The van der Waals surface area contributed by atoms with Crippen molar-refractivity contribution in [2.45, 2.75) is 70.7 Å². The van der Waals surface area contributed by atoms with E-state index in [1.165, 1.54) is 58.9 Å². The number of sulfonamides is 1. The summed E-state index contributed by atoms with van der Waals surface area (Å²) in [4.78, 5) is 59.0. The number of amides is 4. The first-order valence-corrected chi connectivity index (χ1v) is 18.4. The summed E-state index contributed by atoms with van der Waals surface area (Å²) in [5.74, 6) is -1.96. The van der Waals surface area contributed by atoms with Gasteiger partial charge in [0.05, 0.1) is 29.8 Å². The van der Waals surface area contributed by atoms with Crippen LogP contribution in [0.25, 0.3) is 0 Å². The first-order chi connectivity index (χ1) is 24.6. The van der Waals surface area contributed by atoms with E-state index in [0.717, 1.165) is 10.5 Å². The van der Waals surface area contributed by atoms with Gasteiger partial charge in [-0.2, -0.15) is 4.31 Å². The molecule has 0 spiro atoms. The van der Waals surface area contributed by atoms with E-state index < -0.39 is 52.0 Å². The van der Waals surface area contributed by atoms with Crippen LogP contribution in [0.5, 0.6) is 0 Å². The Kier molecular flexibility index (Phi) is 13.4. The zero-order chi connectivity index (χ0) is 38.2. The highest BCUT2D eigenvalue weighted by atomic mass is 32.2. The van der Waals surface area contributed by atoms with Gasteiger partial charge in [0.15, 0.2) is 5.78 Å². The lowest BCUT2D eigenvalue weighted by atomic mass is 9.97. The summed E-state index contributed by atoms with van der Waals surface area (Å²) in [6.45, 7) is 7.80. The predicted octanol–water partition coefficient (Wildman–Crippen LogP) is 3.32. The smallest absolute Gasteiger partial charge is 0.328 e. The molecule has 0 radical (unpaired) electrons. The van der Waals surface area contributed by atoms with Gasteiger partial charge < -0.3 is 20.5 Å². The summed E-state index contributed by atoms with van der Waals surface area (Å²) in [5, 5.41) is 26.4. The molecule has 1 fully saturated rings. The number of hydrogen-bond donors (Lipinski definition) is 3. The molecule has 3 atom stereocenters. The van der Waals surface area contributed by atoms with Crippen molar-refractivity contribution in [3.05, 3.63) is 95.3 Å². The van der Waals surface area contributed by atoms with E-state index in [1.807, 2.05) is 44.2 Å². The lowest BCUT2D eigenvalue weighted by Gasteiger charge is -2.34. The number of aliphatic hydroxyl groups excluding tert-OH is 1. The third-order valence-corrected chi connectivity index (χ3v) is 10.5. The number of aliphatic hydroxyl groups is 1. The Balaban J connectivity index is 1.59. The van der Waals surface area contributed by atoms with E-state index in [0.29, 0.717) is 11.1 Å². The molecular weight excluding hydrogens is 689 g/mol. The molecule has 0 unspecified atom stereocenters. The number of rotatable bonds is 17. The largest absolute Gasteiger partial charge is 0.411 e. The van der Waals surface area contributed by atoms with Gasteiger partial charge in [0.25, 0.3) is 5.91 Å². The van der Waals surface area contributed by atoms with Crippen LogP contribution >= 0.6 is 0 Å². The van der Waals surface area contributed by atoms with E-state index in [2.05, 4.69) is 15.5 Å². The van der Waals surface area contributed by atoms with Crippen molar-refractivity contribution in [1.82, 2.24) is 24.4 Å². The summed E-state index contributed by atoms with van der Waals surface area (Å²) in [6.07, 6.45) is 1.35. The van der Waals surface area contributed by atoms with Gasteiger partial charge >= 0.3 is 6.03 Å². The zero-order valence-electron chi connectivity index (χ0n) is 29.9. The molecule has 0 aliphatic carbocycles. The highest BCUT2D eigenvalue weighted by molar-refractivity contribution is 7.89. The van der Waals surface area contributed by atoms with Crippen LogP contribution in [-0.2, 0) is 32.6 Å². The lowest BCUT2D eigenvalue weighted by molar-refractivity contribution is -0.129. The summed E-state index contributed by atoms with van der Waals surface area (Å²) in [6, 6.07) is 15.2. The molecule has 15 heteroatoms. The fourth-order valence-electron chi connectivity index (χ4n) is 6.06. The van der Waals surface area contributed by atoms with Crippen LogP contribution < -0.4 is 5.32 Å². The van der Waals surface area contributed by atoms with Crippen molar-refractivity contribution >= 4 is 39.9 Å². The van der Waals surface area contributed by atoms with Gasteiger partial charge in [-0.05, 0) is 59.2 Å². The number of oxime groups is 1. The Hall–Kier alpha value is -4.99. The molecule has 4 amide bonds. The molecule has 3 N–H and O–H groups in total. The monoisotopic (exact) mass is 734 g/mol. The average molecular weight is 735 g/mol. The summed E-state index contributed by atoms with van der Waals surface area (Å²) >= 11 is 0. The van der Waals surface area contributed by atoms with Crippen LogP contribution in [0.15, 0.2) is 83.0 Å². The molecule has 1 aromatic heterocycles. The van der Waals surface area contributed by atoms with E-state index in [1.54, 1.807) is 19.9 Å². The quantitative estimate of drug-likeness (QED) is 0.0614. The third kappa shape index (κ3) is 9.86. The van der Waals surface area contributed by atoms with Gasteiger partial charge in [-0.15, -0.1) is 0 Å². The van der Waals surface area contributed by atoms with Crippen molar-refractivity contribution in [2.75, 3.05) is 19.6 Å². The molecule has 2 aromatic carbocycles. The first kappa shape index (κ1) is 39.8. The zero-order valence-corrected chi connectivity index (χ0v) is 30.7. The highest BCUT2D eigenvalue weighted by Crippen LogP contribution is 2.24. The Labute approximate surface area is 304 Å². The topological polar surface area (TPSA) is 190 Å². The maximum Gasteiger partial charge on any atom is 0.328 e. The normalized spacial score (nSPS) is 15.6. The number of nitrogens with one attached hydrogen (secondary N) is 1. The van der Waals surface area contributed by atoms with Crippen molar-refractivity contribution in [3.8, 4) is 0 Å². The number of carbonyl (C=O) groups is 4. The Morgan fingerprint density at radius 3 is 2.27 bits per heavy atom. The minimum Gasteiger partial charge on any atom is -0.411 e. The van der Waals surface area contributed by atoms with Crippen molar-refractivity contribution in [3.63, 3.8) is 0 Å². The molecule has 14 nitrogen and oxygen atoms in total. The summed E-state index contributed by atoms with van der Waals surface area (Å²) in [7, 11) is -4.12. The van der Waals surface area contributed by atoms with Crippen molar-refractivity contribution in [2.24, 2.45) is 17.0 Å². The Morgan fingerprint density at radius 2 is 1.67 bits per heavy atom. The molecule has 2 heterocycles. The number of imide groups is 1. The van der Waals surface area contributed by atoms with Crippen LogP contribution in [0.1, 0.15) is 61.8 Å². The van der Waals surface area contributed by atoms with E-state index in [4.69, 9.17) is 5.21 Å². The first-order valence-electron chi connectivity index (χ1n) is 17.0. The fraction of sp³-hybridized carbons (Fsp3) is 0.405. The third-order valence-electron chi connectivity index (χ3n) is 8.62. The molecular formula is C37H46N6O8S. The van der Waals surface area contributed by atoms with Gasteiger partial charge in [-0.1, -0.05) is 75.3 Å². The lowest BCUT2D eigenvalue weighted by Crippen LogP contribution is -2.57. The molecule has 278 valence electrons. The second kappa shape index (κ2) is 17.5. The number of carbonyl (C=O) groups excluding carboxylic acids is 4. The molecule has 0 saturated carbocycles. The number of ketones is 1. The molecule has 1 aliphatic heterocycles. The maximum atomic E-state index is 14.1. The van der Waals surface area contributed by atoms with E-state index in [-0.39, 0.29) is 54.9 Å². The Bertz CT molecular complexity index is 1870. The molecule has 1 saturated heterocycles. The summed E-state index contributed by atoms with van der Waals surface area (Å²) < 4.78 is 28.9. The molecule has 1 aliphatic rings. The number of Topliss-reactive ketones (excluding diaryl/α,β-unsaturated/α-hetero) is 1. The van der Waals surface area contributed by atoms with E-state index in [9.17, 15) is 32.7 Å². The predicted molar refractivity (Wildman–Crippen MR) is 193 cm³/mol. The number of pyridine rings is 1. The summed E-state index contributed by atoms with van der Waals surface area (Å²) in [5.41, 5.74) is 1.98. The van der Waals surface area contributed by atoms with Crippen LogP contribution in [0, 0.1) is 11.8 Å². The van der Waals surface area contributed by atoms with Gasteiger partial charge in [0, 0.05) is 26.2 Å². The number of hydrogen-bond acceptors (Lipinski definition) is 10. The minimum absolute atomic E-state index is 0.0231. The van der Waals surface area contributed by atoms with Gasteiger partial charge in [0.1, 0.15) is 18.3 Å². The van der Waals surface area contributed by atoms with E-state index >= 15 is 0 Å². The standard InChI is InChI=1S/C37H46N6O8S/c1-24(2)20-41(52(50,51)30-13-11-28(12-14-30)19-39-49)22-33(45)32(17-27-9-7-6-8-10-27)40-36(47)35(25(3)4)43-23-34(46)42(37(43)48)21-29-15-16-38-31(18-29)26(5)44/h6-16,18-19,24-25,32-33,35,45,49H,17,20-23H2,1-5H3,(H,40,47)/t32-,33-,35-/m0/s1. The average Bonchev–Trinajstić information content (AvgIpc) is 3.36. The highest BCUT2D eigenvalue weighted by Gasteiger charge is 2.44. The second-order valence-corrected chi connectivity index (χ2v) is 15.5. The van der Waals surface area contributed by atoms with Crippen LogP contribution in [0.2, 0.25) is 0 Å². The van der Waals surface area contributed by atoms with Crippen LogP contribution in [-0.4, -0.2) is 105 Å². The SMILES string of the molecule is CC(=O)c1cc(CN2C(=O)CN([C@H](C(=O)N[C@@H](Cc3ccccc3)[C@@H](O)CN(CC(C)C)S(=O)(=O)c3ccc(C=NO)cc3)C(C)C)C2=O)ccn1.